The Hall–Kier alpha value is -3.91. The van der Waals surface area contributed by atoms with Crippen molar-refractivity contribution >= 4 is 29.1 Å². The van der Waals surface area contributed by atoms with E-state index in [1.807, 2.05) is 25.1 Å². The molecular weight excluding hydrogens is 450 g/mol. The molecule has 0 spiro atoms. The minimum Gasteiger partial charge on any atom is -0.493 e. The second kappa shape index (κ2) is 13.0. The van der Waals surface area contributed by atoms with E-state index in [-0.39, 0.29) is 5.11 Å². The molecule has 176 valence electrons. The molecule has 0 atom stereocenters. The predicted octanol–water partition coefficient (Wildman–Crippen LogP) is 4.05. The van der Waals surface area contributed by atoms with Crippen molar-refractivity contribution in [3.8, 4) is 11.5 Å². The van der Waals surface area contributed by atoms with Crippen LogP contribution >= 0.6 is 12.2 Å². The smallest absolute Gasteiger partial charge is 0.273 e. The van der Waals surface area contributed by atoms with E-state index in [9.17, 15) is 9.59 Å². The highest BCUT2D eigenvalue weighted by molar-refractivity contribution is 7.80. The highest BCUT2D eigenvalue weighted by Crippen LogP contribution is 2.18. The fourth-order valence-corrected chi connectivity index (χ4v) is 3.16. The van der Waals surface area contributed by atoms with Gasteiger partial charge in [0.25, 0.3) is 11.8 Å². The van der Waals surface area contributed by atoms with Gasteiger partial charge in [-0.25, -0.2) is 0 Å². The molecule has 0 aromatic heterocycles. The molecule has 7 nitrogen and oxygen atoms in total. The quantitative estimate of drug-likeness (QED) is 0.318. The molecule has 0 radical (unpaired) electrons. The summed E-state index contributed by atoms with van der Waals surface area (Å²) in [7, 11) is 0. The Bertz CT molecular complexity index is 1100. The molecule has 0 fully saturated rings. The molecule has 0 aliphatic rings. The number of nitrogens with one attached hydrogen (secondary N) is 3. The first-order valence-corrected chi connectivity index (χ1v) is 11.4. The van der Waals surface area contributed by atoms with Gasteiger partial charge in [-0.05, 0) is 60.6 Å². The van der Waals surface area contributed by atoms with Crippen LogP contribution in [0.4, 0.5) is 0 Å². The van der Waals surface area contributed by atoms with Crippen LogP contribution in [0, 0.1) is 0 Å². The number of carbonyl (C=O) groups is 2. The summed E-state index contributed by atoms with van der Waals surface area (Å²) in [5, 5.41) is 2.50. The Balaban J connectivity index is 1.44. The molecule has 3 N–H and O–H groups in total. The number of benzene rings is 3. The van der Waals surface area contributed by atoms with Crippen LogP contribution in [0.3, 0.4) is 0 Å². The lowest BCUT2D eigenvalue weighted by Gasteiger charge is -2.13. The largest absolute Gasteiger partial charge is 0.493 e. The topological polar surface area (TPSA) is 88.7 Å². The van der Waals surface area contributed by atoms with Gasteiger partial charge in [0.05, 0.1) is 18.8 Å². The number of thiocarbonyl (C=S) groups is 1. The average molecular weight is 478 g/mol. The van der Waals surface area contributed by atoms with Gasteiger partial charge in [-0.3, -0.25) is 25.8 Å². The van der Waals surface area contributed by atoms with Crippen molar-refractivity contribution in [3.05, 3.63) is 95.6 Å². The third kappa shape index (κ3) is 7.60. The first-order valence-electron chi connectivity index (χ1n) is 11.0. The minimum atomic E-state index is -0.430. The molecule has 3 rings (SSSR count). The van der Waals surface area contributed by atoms with E-state index >= 15 is 0 Å². The van der Waals surface area contributed by atoms with Crippen LogP contribution in [0.2, 0.25) is 0 Å². The van der Waals surface area contributed by atoms with Gasteiger partial charge in [0.15, 0.2) is 5.11 Å². The van der Waals surface area contributed by atoms with Crippen molar-refractivity contribution in [2.45, 2.75) is 19.8 Å². The summed E-state index contributed by atoms with van der Waals surface area (Å²) < 4.78 is 11.3. The number of rotatable bonds is 9. The Labute approximate surface area is 204 Å². The fourth-order valence-electron chi connectivity index (χ4n) is 3.01. The third-order valence-corrected chi connectivity index (χ3v) is 4.93. The third-order valence-electron chi connectivity index (χ3n) is 4.73. The number of carbonyl (C=O) groups excluding carboxylic acids is 2. The maximum absolute atomic E-state index is 12.5. The van der Waals surface area contributed by atoms with E-state index in [0.29, 0.717) is 35.8 Å². The van der Waals surface area contributed by atoms with Gasteiger partial charge in [0.1, 0.15) is 11.5 Å². The molecular formula is C26H27N3O4S. The van der Waals surface area contributed by atoms with Gasteiger partial charge in [0.2, 0.25) is 0 Å². The Morgan fingerprint density at radius 3 is 2.24 bits per heavy atom. The number of hydrogen-bond donors (Lipinski definition) is 3. The van der Waals surface area contributed by atoms with Gasteiger partial charge in [-0.2, -0.15) is 0 Å². The average Bonchev–Trinajstić information content (AvgIpc) is 2.87. The Kier molecular flexibility index (Phi) is 9.42. The Morgan fingerprint density at radius 1 is 0.794 bits per heavy atom. The molecule has 0 saturated heterocycles. The minimum absolute atomic E-state index is 0.0338. The molecule has 3 aromatic rings. The number of hydrazine groups is 1. The van der Waals surface area contributed by atoms with E-state index in [4.69, 9.17) is 21.7 Å². The van der Waals surface area contributed by atoms with E-state index < -0.39 is 11.8 Å². The number of para-hydroxylation sites is 1. The standard InChI is InChI=1S/C26H27N3O4S/c1-2-17-33-23-11-7-6-10-22(23)25(31)28-29-26(34)27-24(30)20-12-14-21(15-13-20)32-18-16-19-8-4-3-5-9-19/h3-15H,2,16-18H2,1H3,(H,28,31)(H2,27,29,30,34). The van der Waals surface area contributed by atoms with Gasteiger partial charge in [-0.1, -0.05) is 49.4 Å². The summed E-state index contributed by atoms with van der Waals surface area (Å²) in [6, 6.07) is 23.7. The first kappa shape index (κ1) is 24.7. The van der Waals surface area contributed by atoms with Crippen LogP contribution in [0.1, 0.15) is 39.6 Å². The van der Waals surface area contributed by atoms with Crippen LogP contribution in [0.25, 0.3) is 0 Å². The Morgan fingerprint density at radius 2 is 1.50 bits per heavy atom. The molecule has 3 aromatic carbocycles. The summed E-state index contributed by atoms with van der Waals surface area (Å²) in [4.78, 5) is 24.9. The van der Waals surface area contributed by atoms with Crippen LogP contribution in [-0.4, -0.2) is 30.1 Å². The maximum atomic E-state index is 12.5. The summed E-state index contributed by atoms with van der Waals surface area (Å²) >= 11 is 5.12. The second-order valence-electron chi connectivity index (χ2n) is 7.32. The SMILES string of the molecule is CCCOc1ccccc1C(=O)NNC(=S)NC(=O)c1ccc(OCCc2ccccc2)cc1. The molecule has 8 heteroatoms. The second-order valence-corrected chi connectivity index (χ2v) is 7.72. The van der Waals surface area contributed by atoms with Gasteiger partial charge < -0.3 is 9.47 Å². The number of ether oxygens (including phenoxy) is 2. The summed E-state index contributed by atoms with van der Waals surface area (Å²) in [6.45, 7) is 3.02. The van der Waals surface area contributed by atoms with Gasteiger partial charge in [0, 0.05) is 12.0 Å². The molecule has 2 amide bonds. The van der Waals surface area contributed by atoms with Crippen LogP contribution in [0.15, 0.2) is 78.9 Å². The maximum Gasteiger partial charge on any atom is 0.273 e. The lowest BCUT2D eigenvalue weighted by molar-refractivity contribution is 0.0931. The first-order chi connectivity index (χ1) is 16.6. The highest BCUT2D eigenvalue weighted by Gasteiger charge is 2.13. The molecule has 34 heavy (non-hydrogen) atoms. The van der Waals surface area contributed by atoms with E-state index in [1.165, 1.54) is 5.56 Å². The zero-order valence-electron chi connectivity index (χ0n) is 18.9. The van der Waals surface area contributed by atoms with Crippen LogP contribution < -0.4 is 25.6 Å². The number of hydrogen-bond acceptors (Lipinski definition) is 5. The van der Waals surface area contributed by atoms with Crippen molar-refractivity contribution in [2.24, 2.45) is 0 Å². The molecule has 0 heterocycles. The van der Waals surface area contributed by atoms with Gasteiger partial charge >= 0.3 is 0 Å². The molecule has 0 aliphatic carbocycles. The van der Waals surface area contributed by atoms with Crippen molar-refractivity contribution in [2.75, 3.05) is 13.2 Å². The van der Waals surface area contributed by atoms with Crippen LogP contribution in [-0.2, 0) is 6.42 Å². The van der Waals surface area contributed by atoms with E-state index in [0.717, 1.165) is 12.8 Å². The van der Waals surface area contributed by atoms with Crippen molar-refractivity contribution < 1.29 is 19.1 Å². The highest BCUT2D eigenvalue weighted by atomic mass is 32.1. The molecule has 0 unspecified atom stereocenters. The lowest BCUT2D eigenvalue weighted by Crippen LogP contribution is -2.48. The van der Waals surface area contributed by atoms with Crippen molar-refractivity contribution in [1.29, 1.82) is 0 Å². The molecule has 0 bridgehead atoms. The monoisotopic (exact) mass is 477 g/mol. The van der Waals surface area contributed by atoms with Crippen LogP contribution in [0.5, 0.6) is 11.5 Å². The van der Waals surface area contributed by atoms with E-state index in [2.05, 4.69) is 28.3 Å². The zero-order valence-corrected chi connectivity index (χ0v) is 19.7. The summed E-state index contributed by atoms with van der Waals surface area (Å²) in [5.74, 6) is 0.309. The van der Waals surface area contributed by atoms with Crippen molar-refractivity contribution in [3.63, 3.8) is 0 Å². The van der Waals surface area contributed by atoms with Crippen molar-refractivity contribution in [1.82, 2.24) is 16.2 Å². The normalized spacial score (nSPS) is 10.1. The molecule has 0 aliphatic heterocycles. The summed E-state index contributed by atoms with van der Waals surface area (Å²) in [6.07, 6.45) is 1.62. The number of amides is 2. The zero-order chi connectivity index (χ0) is 24.2. The molecule has 0 saturated carbocycles. The lowest BCUT2D eigenvalue weighted by atomic mass is 10.2. The predicted molar refractivity (Wildman–Crippen MR) is 135 cm³/mol. The van der Waals surface area contributed by atoms with E-state index in [1.54, 1.807) is 48.5 Å². The van der Waals surface area contributed by atoms with Gasteiger partial charge in [-0.15, -0.1) is 0 Å². The fraction of sp³-hybridized carbons (Fsp3) is 0.192. The summed E-state index contributed by atoms with van der Waals surface area (Å²) in [5.41, 5.74) is 6.98.